The predicted molar refractivity (Wildman–Crippen MR) is 226 cm³/mol. The van der Waals surface area contributed by atoms with Gasteiger partial charge in [0, 0.05) is 16.2 Å². The van der Waals surface area contributed by atoms with Crippen molar-refractivity contribution in [2.24, 2.45) is 0 Å². The molecule has 8 aromatic carbocycles. The molecule has 9 aromatic rings. The van der Waals surface area contributed by atoms with Gasteiger partial charge in [-0.25, -0.2) is 0 Å². The monoisotopic (exact) mass is 678 g/mol. The third kappa shape index (κ3) is 4.92. The van der Waals surface area contributed by atoms with Gasteiger partial charge < -0.3 is 4.42 Å². The number of rotatable bonds is 5. The number of hydrogen-bond acceptors (Lipinski definition) is 1. The number of hydrogen-bond donors (Lipinski definition) is 0. The second kappa shape index (κ2) is 12.1. The van der Waals surface area contributed by atoms with E-state index in [1.54, 1.807) is 0 Å². The number of benzene rings is 8. The Kier molecular flexibility index (Phi) is 7.13. The third-order valence-electron chi connectivity index (χ3n) is 11.4. The molecule has 0 radical (unpaired) electrons. The molecule has 1 nitrogen and oxygen atoms in total. The Bertz CT molecular complexity index is 2970. The van der Waals surface area contributed by atoms with Gasteiger partial charge in [-0.1, -0.05) is 159 Å². The maximum absolute atomic E-state index is 6.31. The lowest BCUT2D eigenvalue weighted by Crippen LogP contribution is -2.15. The van der Waals surface area contributed by atoms with Crippen LogP contribution in [0.4, 0.5) is 0 Å². The molecule has 0 spiro atoms. The van der Waals surface area contributed by atoms with Crippen LogP contribution in [0, 0.1) is 0 Å². The SMILES string of the molecule is C/C=C\C=C/c1cc(-c2ccc(-c3ccc4c(c3)C(C)(C)c3c-4ccc4oc5ccccc5c34)cc2)c2ccccc2c1-c1ccc2ccccc2c1. The summed E-state index contributed by atoms with van der Waals surface area (Å²) < 4.78 is 6.31. The highest BCUT2D eigenvalue weighted by Crippen LogP contribution is 2.53. The first kappa shape index (κ1) is 31.3. The minimum absolute atomic E-state index is 0.171. The standard InChI is InChI=1S/C52H38O/c1-4-5-6-15-38-31-45(40-16-9-10-17-42(40)49(38)39-25-22-33-13-7-8-14-36(33)30-39)35-23-20-34(21-24-35)37-26-27-41-43-28-29-48-50(44-18-11-12-19-47(44)53-48)51(43)52(2,3)46(41)32-37/h4-32H,1-3H3/b5-4-,15-6-. The summed E-state index contributed by atoms with van der Waals surface area (Å²) in [6, 6.07) is 55.7. The van der Waals surface area contributed by atoms with Gasteiger partial charge in [-0.05, 0) is 120 Å². The Morgan fingerprint density at radius 2 is 1.17 bits per heavy atom. The first-order chi connectivity index (χ1) is 26.0. The highest BCUT2D eigenvalue weighted by molar-refractivity contribution is 6.11. The van der Waals surface area contributed by atoms with Gasteiger partial charge in [0.2, 0.25) is 0 Å². The smallest absolute Gasteiger partial charge is 0.135 e. The van der Waals surface area contributed by atoms with E-state index in [2.05, 4.69) is 191 Å². The first-order valence-electron chi connectivity index (χ1n) is 18.5. The van der Waals surface area contributed by atoms with E-state index in [0.717, 1.165) is 11.2 Å². The summed E-state index contributed by atoms with van der Waals surface area (Å²) in [5.41, 5.74) is 15.7. The van der Waals surface area contributed by atoms with Crippen molar-refractivity contribution in [2.45, 2.75) is 26.2 Å². The van der Waals surface area contributed by atoms with E-state index in [-0.39, 0.29) is 5.41 Å². The van der Waals surface area contributed by atoms with Crippen LogP contribution in [0.2, 0.25) is 0 Å². The highest BCUT2D eigenvalue weighted by Gasteiger charge is 2.38. The molecular formula is C52H38O. The van der Waals surface area contributed by atoms with Crippen LogP contribution < -0.4 is 0 Å². The van der Waals surface area contributed by atoms with Crippen molar-refractivity contribution in [1.29, 1.82) is 0 Å². The topological polar surface area (TPSA) is 13.1 Å². The molecule has 1 aliphatic rings. The van der Waals surface area contributed by atoms with Gasteiger partial charge in [0.1, 0.15) is 11.2 Å². The number of allylic oxidation sites excluding steroid dienone is 3. The maximum Gasteiger partial charge on any atom is 0.135 e. The lowest BCUT2D eigenvalue weighted by molar-refractivity contribution is 0.657. The van der Waals surface area contributed by atoms with E-state index in [1.807, 2.05) is 6.07 Å². The van der Waals surface area contributed by atoms with Crippen molar-refractivity contribution in [1.82, 2.24) is 0 Å². The summed E-state index contributed by atoms with van der Waals surface area (Å²) in [5.74, 6) is 0. The molecule has 0 saturated carbocycles. The molecule has 1 aliphatic carbocycles. The molecule has 0 atom stereocenters. The fourth-order valence-corrected chi connectivity index (χ4v) is 8.85. The van der Waals surface area contributed by atoms with E-state index in [4.69, 9.17) is 4.42 Å². The largest absolute Gasteiger partial charge is 0.456 e. The van der Waals surface area contributed by atoms with Gasteiger partial charge in [-0.15, -0.1) is 0 Å². The molecule has 53 heavy (non-hydrogen) atoms. The van der Waals surface area contributed by atoms with Gasteiger partial charge in [-0.3, -0.25) is 0 Å². The Morgan fingerprint density at radius 1 is 0.491 bits per heavy atom. The molecule has 1 heteroatoms. The minimum Gasteiger partial charge on any atom is -0.456 e. The molecule has 0 amide bonds. The average Bonchev–Trinajstić information content (AvgIpc) is 3.69. The molecule has 1 heterocycles. The van der Waals surface area contributed by atoms with Crippen molar-refractivity contribution in [3.8, 4) is 44.5 Å². The first-order valence-corrected chi connectivity index (χ1v) is 18.5. The van der Waals surface area contributed by atoms with E-state index in [0.29, 0.717) is 0 Å². The van der Waals surface area contributed by atoms with Gasteiger partial charge in [0.05, 0.1) is 0 Å². The van der Waals surface area contributed by atoms with E-state index < -0.39 is 0 Å². The lowest BCUT2D eigenvalue weighted by atomic mass is 9.80. The van der Waals surface area contributed by atoms with Crippen molar-refractivity contribution in [2.75, 3.05) is 0 Å². The number of furan rings is 1. The van der Waals surface area contributed by atoms with Crippen LogP contribution in [-0.4, -0.2) is 0 Å². The highest BCUT2D eigenvalue weighted by atomic mass is 16.3. The van der Waals surface area contributed by atoms with Crippen LogP contribution >= 0.6 is 0 Å². The van der Waals surface area contributed by atoms with Gasteiger partial charge in [-0.2, -0.15) is 0 Å². The molecule has 0 bridgehead atoms. The number of para-hydroxylation sites is 1. The van der Waals surface area contributed by atoms with E-state index in [1.165, 1.54) is 93.5 Å². The normalized spacial score (nSPS) is 13.6. The van der Waals surface area contributed by atoms with Gasteiger partial charge in [0.25, 0.3) is 0 Å². The van der Waals surface area contributed by atoms with Crippen LogP contribution in [0.1, 0.15) is 37.5 Å². The molecule has 1 aromatic heterocycles. The average molecular weight is 679 g/mol. The Labute approximate surface area is 310 Å². The summed E-state index contributed by atoms with van der Waals surface area (Å²) in [7, 11) is 0. The predicted octanol–water partition coefficient (Wildman–Crippen LogP) is 14.8. The summed E-state index contributed by atoms with van der Waals surface area (Å²) in [6.45, 7) is 6.78. The molecule has 0 saturated heterocycles. The second-order valence-electron chi connectivity index (χ2n) is 14.8. The minimum atomic E-state index is -0.171. The molecular weight excluding hydrogens is 641 g/mol. The molecule has 0 N–H and O–H groups in total. The molecule has 252 valence electrons. The van der Waals surface area contributed by atoms with Gasteiger partial charge >= 0.3 is 0 Å². The Hall–Kier alpha value is -6.44. The van der Waals surface area contributed by atoms with Gasteiger partial charge in [0.15, 0.2) is 0 Å². The van der Waals surface area contributed by atoms with Crippen molar-refractivity contribution in [3.63, 3.8) is 0 Å². The summed E-state index contributed by atoms with van der Waals surface area (Å²) in [6.07, 6.45) is 8.57. The fourth-order valence-electron chi connectivity index (χ4n) is 8.85. The molecule has 0 unspecified atom stereocenters. The summed E-state index contributed by atoms with van der Waals surface area (Å²) in [5, 5.41) is 7.44. The molecule has 10 rings (SSSR count). The Morgan fingerprint density at radius 3 is 2.00 bits per heavy atom. The Balaban J connectivity index is 1.07. The molecule has 0 aliphatic heterocycles. The van der Waals surface area contributed by atoms with Crippen molar-refractivity contribution >= 4 is 49.6 Å². The zero-order chi connectivity index (χ0) is 35.7. The zero-order valence-corrected chi connectivity index (χ0v) is 30.2. The van der Waals surface area contributed by atoms with E-state index >= 15 is 0 Å². The van der Waals surface area contributed by atoms with Crippen molar-refractivity contribution in [3.05, 3.63) is 187 Å². The fraction of sp³-hybridized carbons (Fsp3) is 0.0769. The third-order valence-corrected chi connectivity index (χ3v) is 11.4. The second-order valence-corrected chi connectivity index (χ2v) is 14.8. The van der Waals surface area contributed by atoms with E-state index in [9.17, 15) is 0 Å². The summed E-state index contributed by atoms with van der Waals surface area (Å²) in [4.78, 5) is 0. The van der Waals surface area contributed by atoms with Crippen LogP contribution in [0.15, 0.2) is 174 Å². The van der Waals surface area contributed by atoms with Crippen LogP contribution in [0.25, 0.3) is 94.1 Å². The maximum atomic E-state index is 6.31. The summed E-state index contributed by atoms with van der Waals surface area (Å²) >= 11 is 0. The van der Waals surface area contributed by atoms with Crippen LogP contribution in [-0.2, 0) is 5.41 Å². The number of fused-ring (bicyclic) bond motifs is 9. The van der Waals surface area contributed by atoms with Crippen molar-refractivity contribution < 1.29 is 4.42 Å². The van der Waals surface area contributed by atoms with Crippen LogP contribution in [0.3, 0.4) is 0 Å². The molecule has 0 fully saturated rings. The zero-order valence-electron chi connectivity index (χ0n) is 30.2. The van der Waals surface area contributed by atoms with Crippen LogP contribution in [0.5, 0.6) is 0 Å². The lowest BCUT2D eigenvalue weighted by Gasteiger charge is -2.23. The quantitative estimate of drug-likeness (QED) is 0.165.